The lowest BCUT2D eigenvalue weighted by molar-refractivity contribution is 0.669. The van der Waals surface area contributed by atoms with Crippen LogP contribution in [0.15, 0.2) is 204 Å². The van der Waals surface area contributed by atoms with E-state index in [0.717, 1.165) is 55.5 Å². The zero-order valence-electron chi connectivity index (χ0n) is 40.5. The van der Waals surface area contributed by atoms with Crippen molar-refractivity contribution >= 4 is 64.2 Å². The first-order valence-corrected chi connectivity index (χ1v) is 20.2. The Labute approximate surface area is 362 Å². The van der Waals surface area contributed by atoms with Gasteiger partial charge in [-0.1, -0.05) is 145 Å². The predicted octanol–water partition coefficient (Wildman–Crippen LogP) is 15.3. The molecule has 3 aromatic heterocycles. The number of nitrogens with zero attached hydrogens (tertiary/aromatic N) is 3. The van der Waals surface area contributed by atoms with E-state index in [2.05, 4.69) is 24.3 Å². The molecule has 0 bridgehead atoms. The smallest absolute Gasteiger partial charge is 0.164 e. The summed E-state index contributed by atoms with van der Waals surface area (Å²) in [4.78, 5) is 15.1. The van der Waals surface area contributed by atoms with Gasteiger partial charge in [0, 0.05) is 47.6 Å². The number of rotatable bonds is 6. The first-order valence-electron chi connectivity index (χ1n) is 23.9. The summed E-state index contributed by atoms with van der Waals surface area (Å²) < 4.78 is 88.2. The van der Waals surface area contributed by atoms with Crippen LogP contribution in [0.3, 0.4) is 0 Å². The first kappa shape index (κ1) is 26.3. The molecule has 0 unspecified atom stereocenters. The molecule has 0 saturated heterocycles. The number of fused-ring (bicyclic) bond motifs is 8. The van der Waals surface area contributed by atoms with Crippen LogP contribution in [0.4, 0.5) is 0 Å². The topological polar surface area (TPSA) is 51.8 Å². The van der Waals surface area contributed by atoms with Gasteiger partial charge in [-0.25, -0.2) is 15.0 Å². The van der Waals surface area contributed by atoms with Crippen molar-refractivity contribution in [3.63, 3.8) is 0 Å². The molecule has 12 aromatic rings. The first-order chi connectivity index (χ1) is 33.5. The monoisotopic (exact) mass is 792 g/mol. The molecule has 0 fully saturated rings. The van der Waals surface area contributed by atoms with E-state index in [0.29, 0.717) is 22.3 Å². The molecular formula is C55H33N3OS. The lowest BCUT2D eigenvalue weighted by Crippen LogP contribution is -2.00. The fourth-order valence-corrected chi connectivity index (χ4v) is 9.01. The van der Waals surface area contributed by atoms with Gasteiger partial charge in [-0.05, 0) is 98.7 Å². The highest BCUT2D eigenvalue weighted by atomic mass is 32.1. The number of furan rings is 1. The standard InChI is InChI=1S/C55H33N3OS/c1-4-13-34(14-5-1)40-29-41(35-15-6-2-7-16-35)31-42(30-40)55-57-53(38-25-28-50-47(32-38)45-26-23-37-19-10-11-20-44(37)52(45)60-50)56-54(58-55)39-24-27-46-49(33-39)59-48-22-12-21-43(51(46)48)36-17-8-3-9-18-36/h1-33H/i10D,11D,19D,20D,23D,25D,26D,28D,32D. The molecule has 0 aliphatic heterocycles. The van der Waals surface area contributed by atoms with Crippen LogP contribution in [-0.2, 0) is 0 Å². The number of aromatic nitrogens is 3. The summed E-state index contributed by atoms with van der Waals surface area (Å²) in [5.41, 5.74) is 8.17. The third kappa shape index (κ3) is 5.86. The Morgan fingerprint density at radius 1 is 0.417 bits per heavy atom. The van der Waals surface area contributed by atoms with E-state index in [1.54, 1.807) is 0 Å². The van der Waals surface area contributed by atoms with Gasteiger partial charge in [-0.15, -0.1) is 11.3 Å². The Bertz CT molecular complexity index is 4070. The predicted molar refractivity (Wildman–Crippen MR) is 250 cm³/mol. The zero-order valence-corrected chi connectivity index (χ0v) is 32.3. The number of thiophene rings is 1. The summed E-state index contributed by atoms with van der Waals surface area (Å²) in [6.07, 6.45) is 0. The van der Waals surface area contributed by atoms with Crippen LogP contribution >= 0.6 is 11.3 Å². The molecule has 0 saturated carbocycles. The van der Waals surface area contributed by atoms with Crippen LogP contribution in [0, 0.1) is 0 Å². The fourth-order valence-electron chi connectivity index (χ4n) is 7.94. The van der Waals surface area contributed by atoms with Gasteiger partial charge >= 0.3 is 0 Å². The summed E-state index contributed by atoms with van der Waals surface area (Å²) in [7, 11) is 0. The number of benzene rings is 9. The van der Waals surface area contributed by atoms with Gasteiger partial charge in [0.15, 0.2) is 17.5 Å². The number of hydrogen-bond donors (Lipinski definition) is 0. The van der Waals surface area contributed by atoms with Crippen LogP contribution < -0.4 is 0 Å². The van der Waals surface area contributed by atoms with Crippen LogP contribution in [-0.4, -0.2) is 15.0 Å². The van der Waals surface area contributed by atoms with Crippen molar-refractivity contribution in [2.24, 2.45) is 0 Å². The molecule has 0 aliphatic carbocycles. The molecule has 0 radical (unpaired) electrons. The van der Waals surface area contributed by atoms with Crippen LogP contribution in [0.25, 0.3) is 120 Å². The highest BCUT2D eigenvalue weighted by Crippen LogP contribution is 2.42. The van der Waals surface area contributed by atoms with Crippen molar-refractivity contribution in [1.82, 2.24) is 15.0 Å². The molecule has 0 spiro atoms. The second kappa shape index (κ2) is 14.0. The highest BCUT2D eigenvalue weighted by Gasteiger charge is 2.19. The van der Waals surface area contributed by atoms with Crippen molar-refractivity contribution in [2.45, 2.75) is 0 Å². The molecule has 4 nitrogen and oxygen atoms in total. The van der Waals surface area contributed by atoms with E-state index in [-0.39, 0.29) is 78.2 Å². The maximum Gasteiger partial charge on any atom is 0.164 e. The Kier molecular flexibility index (Phi) is 6.13. The molecule has 3 heterocycles. The minimum absolute atomic E-state index is 0.0270. The fraction of sp³-hybridized carbons (Fsp3) is 0. The van der Waals surface area contributed by atoms with Gasteiger partial charge in [-0.2, -0.15) is 0 Å². The van der Waals surface area contributed by atoms with Crippen molar-refractivity contribution in [1.29, 1.82) is 0 Å². The van der Waals surface area contributed by atoms with Gasteiger partial charge in [0.2, 0.25) is 0 Å². The van der Waals surface area contributed by atoms with Gasteiger partial charge in [0.05, 0.1) is 12.3 Å². The van der Waals surface area contributed by atoms with E-state index in [4.69, 9.17) is 26.2 Å². The summed E-state index contributed by atoms with van der Waals surface area (Å²) in [5, 5.41) is 1.93. The molecule has 9 aromatic carbocycles. The van der Waals surface area contributed by atoms with Crippen molar-refractivity contribution in [2.75, 3.05) is 0 Å². The molecule has 5 heteroatoms. The van der Waals surface area contributed by atoms with Crippen molar-refractivity contribution in [3.8, 4) is 67.5 Å². The number of hydrogen-bond acceptors (Lipinski definition) is 5. The van der Waals surface area contributed by atoms with E-state index in [1.807, 2.05) is 121 Å². The minimum Gasteiger partial charge on any atom is -0.456 e. The van der Waals surface area contributed by atoms with Gasteiger partial charge in [0.25, 0.3) is 0 Å². The van der Waals surface area contributed by atoms with Crippen LogP contribution in [0.1, 0.15) is 12.3 Å². The molecule has 0 atom stereocenters. The van der Waals surface area contributed by atoms with Crippen LogP contribution in [0.5, 0.6) is 0 Å². The maximum absolute atomic E-state index is 9.86. The molecule has 12 rings (SSSR count). The van der Waals surface area contributed by atoms with E-state index in [1.165, 1.54) is 0 Å². The summed E-state index contributed by atoms with van der Waals surface area (Å²) in [5.74, 6) is 0.380. The normalized spacial score (nSPS) is 13.8. The Morgan fingerprint density at radius 2 is 1.07 bits per heavy atom. The largest absolute Gasteiger partial charge is 0.456 e. The Hall–Kier alpha value is -7.73. The molecule has 280 valence electrons. The van der Waals surface area contributed by atoms with E-state index < -0.39 is 30.2 Å². The second-order valence-corrected chi connectivity index (χ2v) is 15.5. The maximum atomic E-state index is 9.86. The van der Waals surface area contributed by atoms with Gasteiger partial charge < -0.3 is 4.42 Å². The molecule has 0 N–H and O–H groups in total. The van der Waals surface area contributed by atoms with Gasteiger partial charge in [-0.3, -0.25) is 0 Å². The second-order valence-electron chi connectivity index (χ2n) is 14.5. The zero-order chi connectivity index (χ0) is 47.4. The minimum atomic E-state index is -0.526. The average Bonchev–Trinajstić information content (AvgIpc) is 3.98. The molecule has 60 heavy (non-hydrogen) atoms. The highest BCUT2D eigenvalue weighted by molar-refractivity contribution is 7.26. The third-order valence-corrected chi connectivity index (χ3v) is 11.9. The lowest BCUT2D eigenvalue weighted by Gasteiger charge is -2.12. The van der Waals surface area contributed by atoms with Gasteiger partial charge in [0.1, 0.15) is 11.2 Å². The average molecular weight is 793 g/mol. The van der Waals surface area contributed by atoms with E-state index >= 15 is 0 Å². The lowest BCUT2D eigenvalue weighted by atomic mass is 9.96. The van der Waals surface area contributed by atoms with E-state index in [9.17, 15) is 5.48 Å². The summed E-state index contributed by atoms with van der Waals surface area (Å²) >= 11 is 0.969. The van der Waals surface area contributed by atoms with Crippen molar-refractivity contribution < 1.29 is 16.8 Å². The summed E-state index contributed by atoms with van der Waals surface area (Å²) in [6, 6.07) is 44.2. The Balaban J connectivity index is 1.14. The third-order valence-electron chi connectivity index (χ3n) is 10.8. The molecular weight excluding hydrogens is 751 g/mol. The quantitative estimate of drug-likeness (QED) is 0.168. The van der Waals surface area contributed by atoms with Crippen molar-refractivity contribution in [3.05, 3.63) is 200 Å². The Morgan fingerprint density at radius 3 is 1.80 bits per heavy atom. The molecule has 0 aliphatic rings. The van der Waals surface area contributed by atoms with Crippen LogP contribution in [0.2, 0.25) is 0 Å². The molecule has 0 amide bonds. The summed E-state index contributed by atoms with van der Waals surface area (Å²) in [6.45, 7) is 0. The SMILES string of the molecule is [2H]c1c(-c2nc(-c3cc(-c4ccccc4)cc(-c4ccccc4)c3)nc(-c3ccc4c(c3)oc3cccc(-c5ccccc5)c34)n2)c([2H])c2c(sc3c4c([2H])c([2H])c([2H])c([2H])c4c([2H])c([2H])c32)c1[2H].